The van der Waals surface area contributed by atoms with Gasteiger partial charge in [0, 0.05) is 52.9 Å². The quantitative estimate of drug-likeness (QED) is 0.684. The molecule has 0 bridgehead atoms. The number of rotatable bonds is 5. The summed E-state index contributed by atoms with van der Waals surface area (Å²) in [5, 5.41) is 0. The van der Waals surface area contributed by atoms with Crippen molar-refractivity contribution >= 4 is 0 Å². The highest BCUT2D eigenvalue weighted by molar-refractivity contribution is 4.80. The van der Waals surface area contributed by atoms with Crippen LogP contribution in [0.4, 0.5) is 0 Å². The summed E-state index contributed by atoms with van der Waals surface area (Å²) in [7, 11) is 4.01. The van der Waals surface area contributed by atoms with Gasteiger partial charge in [-0.2, -0.15) is 0 Å². The van der Waals surface area contributed by atoms with Crippen molar-refractivity contribution in [3.8, 4) is 0 Å². The molecule has 0 aromatic carbocycles. The van der Waals surface area contributed by atoms with E-state index in [4.69, 9.17) is 4.74 Å². The lowest BCUT2D eigenvalue weighted by Gasteiger charge is -2.33. The Morgan fingerprint density at radius 1 is 1.06 bits per heavy atom. The molecule has 0 aromatic heterocycles. The van der Waals surface area contributed by atoms with Crippen LogP contribution in [0.3, 0.4) is 0 Å². The van der Waals surface area contributed by atoms with E-state index in [-0.39, 0.29) is 0 Å². The highest BCUT2D eigenvalue weighted by Gasteiger charge is 2.25. The zero-order chi connectivity index (χ0) is 12.1. The number of likely N-dealkylation sites (tertiary alicyclic amines) is 1. The SMILES string of the molecule is COCCN1CC[C@@H](CN2CCN(C)CC2)C1. The van der Waals surface area contributed by atoms with Crippen molar-refractivity contribution in [2.75, 3.05) is 73.1 Å². The van der Waals surface area contributed by atoms with Gasteiger partial charge in [-0.1, -0.05) is 0 Å². The molecule has 4 nitrogen and oxygen atoms in total. The van der Waals surface area contributed by atoms with Gasteiger partial charge in [0.15, 0.2) is 0 Å². The van der Waals surface area contributed by atoms with Gasteiger partial charge >= 0.3 is 0 Å². The van der Waals surface area contributed by atoms with Gasteiger partial charge < -0.3 is 19.4 Å². The number of hydrogen-bond acceptors (Lipinski definition) is 4. The molecule has 0 spiro atoms. The average Bonchev–Trinajstić information content (AvgIpc) is 2.77. The second-order valence-corrected chi connectivity index (χ2v) is 5.55. The Morgan fingerprint density at radius 3 is 2.53 bits per heavy atom. The van der Waals surface area contributed by atoms with Crippen LogP contribution in [-0.4, -0.2) is 87.8 Å². The number of nitrogens with zero attached hydrogens (tertiary/aromatic N) is 3. The van der Waals surface area contributed by atoms with E-state index < -0.39 is 0 Å². The molecule has 2 rings (SSSR count). The van der Waals surface area contributed by atoms with E-state index in [0.29, 0.717) is 0 Å². The second kappa shape index (κ2) is 6.69. The van der Waals surface area contributed by atoms with Gasteiger partial charge in [0.05, 0.1) is 6.61 Å². The van der Waals surface area contributed by atoms with Gasteiger partial charge in [-0.15, -0.1) is 0 Å². The largest absolute Gasteiger partial charge is 0.383 e. The fourth-order valence-electron chi connectivity index (χ4n) is 2.88. The molecule has 2 saturated heterocycles. The fraction of sp³-hybridized carbons (Fsp3) is 1.00. The van der Waals surface area contributed by atoms with Gasteiger partial charge in [0.1, 0.15) is 0 Å². The average molecular weight is 241 g/mol. The summed E-state index contributed by atoms with van der Waals surface area (Å²) >= 11 is 0. The van der Waals surface area contributed by atoms with Crippen molar-refractivity contribution in [3.63, 3.8) is 0 Å². The predicted octanol–water partition coefficient (Wildman–Crippen LogP) is 0.202. The molecule has 2 aliphatic rings. The summed E-state index contributed by atoms with van der Waals surface area (Å²) in [4.78, 5) is 7.62. The summed E-state index contributed by atoms with van der Waals surface area (Å²) in [5.41, 5.74) is 0. The molecule has 0 aliphatic carbocycles. The van der Waals surface area contributed by atoms with Crippen molar-refractivity contribution in [2.24, 2.45) is 5.92 Å². The third-order valence-corrected chi connectivity index (χ3v) is 4.09. The molecule has 1 atom stereocenters. The number of ether oxygens (including phenoxy) is 1. The summed E-state index contributed by atoms with van der Waals surface area (Å²) in [5.74, 6) is 0.885. The van der Waals surface area contributed by atoms with Gasteiger partial charge in [-0.05, 0) is 25.9 Å². The minimum Gasteiger partial charge on any atom is -0.383 e. The summed E-state index contributed by atoms with van der Waals surface area (Å²) in [6.07, 6.45) is 1.37. The first-order valence-corrected chi connectivity index (χ1v) is 6.90. The van der Waals surface area contributed by atoms with Crippen LogP contribution in [-0.2, 0) is 4.74 Å². The molecule has 0 N–H and O–H groups in total. The zero-order valence-corrected chi connectivity index (χ0v) is 11.4. The van der Waals surface area contributed by atoms with Crippen LogP contribution in [0.5, 0.6) is 0 Å². The van der Waals surface area contributed by atoms with Crippen LogP contribution in [0.25, 0.3) is 0 Å². The third kappa shape index (κ3) is 4.21. The van der Waals surface area contributed by atoms with E-state index in [1.165, 1.54) is 52.2 Å². The van der Waals surface area contributed by atoms with Crippen LogP contribution in [0.1, 0.15) is 6.42 Å². The fourth-order valence-corrected chi connectivity index (χ4v) is 2.88. The van der Waals surface area contributed by atoms with Crippen molar-refractivity contribution in [2.45, 2.75) is 6.42 Å². The number of piperazine rings is 1. The highest BCUT2D eigenvalue weighted by atomic mass is 16.5. The maximum atomic E-state index is 5.14. The van der Waals surface area contributed by atoms with Crippen LogP contribution in [0.2, 0.25) is 0 Å². The van der Waals surface area contributed by atoms with Gasteiger partial charge in [0.2, 0.25) is 0 Å². The van der Waals surface area contributed by atoms with Crippen molar-refractivity contribution in [1.29, 1.82) is 0 Å². The Kier molecular flexibility index (Phi) is 5.22. The number of likely N-dealkylation sites (N-methyl/N-ethyl adjacent to an activating group) is 1. The molecule has 2 fully saturated rings. The summed E-state index contributed by atoms with van der Waals surface area (Å²) in [6.45, 7) is 10.8. The van der Waals surface area contributed by atoms with Gasteiger partial charge in [0.25, 0.3) is 0 Å². The van der Waals surface area contributed by atoms with Crippen molar-refractivity contribution < 1.29 is 4.74 Å². The molecular weight excluding hydrogens is 214 g/mol. The molecule has 2 heterocycles. The molecule has 0 unspecified atom stereocenters. The Labute approximate surface area is 105 Å². The Hall–Kier alpha value is -0.160. The highest BCUT2D eigenvalue weighted by Crippen LogP contribution is 2.17. The number of methoxy groups -OCH3 is 1. The smallest absolute Gasteiger partial charge is 0.0589 e. The molecule has 17 heavy (non-hydrogen) atoms. The lowest BCUT2D eigenvalue weighted by Crippen LogP contribution is -2.46. The first kappa shape index (κ1) is 13.3. The van der Waals surface area contributed by atoms with E-state index in [1.807, 2.05) is 0 Å². The van der Waals surface area contributed by atoms with E-state index >= 15 is 0 Å². The minimum atomic E-state index is 0.876. The van der Waals surface area contributed by atoms with Crippen LogP contribution in [0, 0.1) is 5.92 Å². The molecule has 0 saturated carbocycles. The molecule has 0 radical (unpaired) electrons. The molecule has 0 aromatic rings. The molecule has 100 valence electrons. The molecule has 0 amide bonds. The van der Waals surface area contributed by atoms with Crippen LogP contribution < -0.4 is 0 Å². The van der Waals surface area contributed by atoms with E-state index in [0.717, 1.165) is 19.1 Å². The Bertz CT molecular complexity index is 217. The second-order valence-electron chi connectivity index (χ2n) is 5.55. The van der Waals surface area contributed by atoms with Crippen molar-refractivity contribution in [3.05, 3.63) is 0 Å². The van der Waals surface area contributed by atoms with E-state index in [1.54, 1.807) is 7.11 Å². The topological polar surface area (TPSA) is 19.0 Å². The standard InChI is InChI=1S/C13H27N3O/c1-14-5-7-16(8-6-14)12-13-3-4-15(11-13)9-10-17-2/h13H,3-12H2,1-2H3/t13-/m1/s1. The zero-order valence-electron chi connectivity index (χ0n) is 11.4. The summed E-state index contributed by atoms with van der Waals surface area (Å²) in [6, 6.07) is 0. The molecule has 4 heteroatoms. The van der Waals surface area contributed by atoms with Crippen LogP contribution >= 0.6 is 0 Å². The monoisotopic (exact) mass is 241 g/mol. The molecular formula is C13H27N3O. The lowest BCUT2D eigenvalue weighted by atomic mass is 10.1. The minimum absolute atomic E-state index is 0.876. The normalized spacial score (nSPS) is 28.9. The predicted molar refractivity (Wildman–Crippen MR) is 70.4 cm³/mol. The first-order chi connectivity index (χ1) is 8.28. The van der Waals surface area contributed by atoms with Gasteiger partial charge in [-0.25, -0.2) is 0 Å². The third-order valence-electron chi connectivity index (χ3n) is 4.09. The van der Waals surface area contributed by atoms with Crippen LogP contribution in [0.15, 0.2) is 0 Å². The maximum Gasteiger partial charge on any atom is 0.0589 e. The lowest BCUT2D eigenvalue weighted by molar-refractivity contribution is 0.131. The van der Waals surface area contributed by atoms with E-state index in [2.05, 4.69) is 21.7 Å². The molecule has 2 aliphatic heterocycles. The van der Waals surface area contributed by atoms with E-state index in [9.17, 15) is 0 Å². The van der Waals surface area contributed by atoms with Gasteiger partial charge in [-0.3, -0.25) is 0 Å². The summed E-state index contributed by atoms with van der Waals surface area (Å²) < 4.78 is 5.14. The Morgan fingerprint density at radius 2 is 1.82 bits per heavy atom. The Balaban J connectivity index is 1.64. The number of hydrogen-bond donors (Lipinski definition) is 0. The maximum absolute atomic E-state index is 5.14. The van der Waals surface area contributed by atoms with Crippen molar-refractivity contribution in [1.82, 2.24) is 14.7 Å². The first-order valence-electron chi connectivity index (χ1n) is 6.90.